The first-order valence-corrected chi connectivity index (χ1v) is 8.60. The van der Waals surface area contributed by atoms with Gasteiger partial charge in [-0.25, -0.2) is 0 Å². The van der Waals surface area contributed by atoms with Gasteiger partial charge in [-0.05, 0) is 45.2 Å². The van der Waals surface area contributed by atoms with Crippen LogP contribution in [0.5, 0.6) is 0 Å². The van der Waals surface area contributed by atoms with Crippen LogP contribution in [0.1, 0.15) is 39.0 Å². The normalized spacial score (nSPS) is 27.5. The van der Waals surface area contributed by atoms with Crippen molar-refractivity contribution in [2.24, 2.45) is 5.92 Å². The summed E-state index contributed by atoms with van der Waals surface area (Å²) in [5, 5.41) is 6.61. The Morgan fingerprint density at radius 3 is 2.57 bits per heavy atom. The number of morpholine rings is 1. The van der Waals surface area contributed by atoms with Crippen molar-refractivity contribution in [1.29, 1.82) is 0 Å². The van der Waals surface area contributed by atoms with Crippen molar-refractivity contribution in [3.05, 3.63) is 0 Å². The van der Waals surface area contributed by atoms with Crippen LogP contribution in [0.3, 0.4) is 0 Å². The Bertz CT molecular complexity index is 298. The van der Waals surface area contributed by atoms with Crippen molar-refractivity contribution >= 4 is 5.91 Å². The van der Waals surface area contributed by atoms with E-state index in [2.05, 4.69) is 22.5 Å². The monoisotopic (exact) mass is 297 g/mol. The SMILES string of the molecule is CCNC1CCC(C(=O)NCCCN2CCOCC2)CC1. The number of amides is 1. The zero-order valence-corrected chi connectivity index (χ0v) is 13.4. The van der Waals surface area contributed by atoms with Gasteiger partial charge in [-0.2, -0.15) is 0 Å². The average molecular weight is 297 g/mol. The number of carbonyl (C=O) groups is 1. The molecule has 2 fully saturated rings. The van der Waals surface area contributed by atoms with E-state index in [0.717, 1.165) is 78.0 Å². The van der Waals surface area contributed by atoms with Crippen molar-refractivity contribution < 1.29 is 9.53 Å². The van der Waals surface area contributed by atoms with Crippen LogP contribution in [-0.2, 0) is 9.53 Å². The molecular weight excluding hydrogens is 266 g/mol. The molecule has 0 unspecified atom stereocenters. The summed E-state index contributed by atoms with van der Waals surface area (Å²) < 4.78 is 5.33. The van der Waals surface area contributed by atoms with E-state index in [1.54, 1.807) is 0 Å². The Morgan fingerprint density at radius 1 is 1.19 bits per heavy atom. The van der Waals surface area contributed by atoms with Gasteiger partial charge in [-0.15, -0.1) is 0 Å². The van der Waals surface area contributed by atoms with E-state index in [9.17, 15) is 4.79 Å². The third kappa shape index (κ3) is 5.93. The van der Waals surface area contributed by atoms with Crippen LogP contribution in [0.2, 0.25) is 0 Å². The molecular formula is C16H31N3O2. The third-order valence-electron chi connectivity index (χ3n) is 4.64. The Hall–Kier alpha value is -0.650. The first-order valence-electron chi connectivity index (χ1n) is 8.60. The topological polar surface area (TPSA) is 53.6 Å². The van der Waals surface area contributed by atoms with Crippen molar-refractivity contribution in [1.82, 2.24) is 15.5 Å². The molecule has 2 N–H and O–H groups in total. The van der Waals surface area contributed by atoms with Crippen molar-refractivity contribution in [2.45, 2.75) is 45.1 Å². The Kier molecular flexibility index (Phi) is 7.47. The summed E-state index contributed by atoms with van der Waals surface area (Å²) in [6, 6.07) is 0.625. The number of rotatable bonds is 7. The number of nitrogens with zero attached hydrogens (tertiary/aromatic N) is 1. The fourth-order valence-electron chi connectivity index (χ4n) is 3.33. The molecule has 1 saturated heterocycles. The van der Waals surface area contributed by atoms with Crippen LogP contribution in [-0.4, -0.2) is 62.8 Å². The maximum atomic E-state index is 12.1. The first kappa shape index (κ1) is 16.7. The largest absolute Gasteiger partial charge is 0.379 e. The van der Waals surface area contributed by atoms with Crippen molar-refractivity contribution in [2.75, 3.05) is 45.9 Å². The molecule has 5 nitrogen and oxygen atoms in total. The minimum Gasteiger partial charge on any atom is -0.379 e. The van der Waals surface area contributed by atoms with E-state index in [-0.39, 0.29) is 11.8 Å². The summed E-state index contributed by atoms with van der Waals surface area (Å²) in [5.74, 6) is 0.509. The molecule has 0 bridgehead atoms. The highest BCUT2D eigenvalue weighted by Gasteiger charge is 2.25. The van der Waals surface area contributed by atoms with E-state index < -0.39 is 0 Å². The lowest BCUT2D eigenvalue weighted by Crippen LogP contribution is -2.40. The summed E-state index contributed by atoms with van der Waals surface area (Å²) in [7, 11) is 0. The molecule has 2 rings (SSSR count). The number of hydrogen-bond donors (Lipinski definition) is 2. The quantitative estimate of drug-likeness (QED) is 0.688. The molecule has 21 heavy (non-hydrogen) atoms. The lowest BCUT2D eigenvalue weighted by molar-refractivity contribution is -0.126. The standard InChI is InChI=1S/C16H31N3O2/c1-2-17-15-6-4-14(5-7-15)16(20)18-8-3-9-19-10-12-21-13-11-19/h14-15,17H,2-13H2,1H3,(H,18,20). The zero-order valence-electron chi connectivity index (χ0n) is 13.4. The molecule has 0 aromatic heterocycles. The highest BCUT2D eigenvalue weighted by molar-refractivity contribution is 5.78. The predicted octanol–water partition coefficient (Wildman–Crippen LogP) is 0.993. The molecule has 0 radical (unpaired) electrons. The van der Waals surface area contributed by atoms with Gasteiger partial charge in [-0.1, -0.05) is 6.92 Å². The Balaban J connectivity index is 1.53. The molecule has 0 aromatic rings. The van der Waals surface area contributed by atoms with Crippen LogP contribution in [0.15, 0.2) is 0 Å². The van der Waals surface area contributed by atoms with Crippen LogP contribution in [0, 0.1) is 5.92 Å². The highest BCUT2D eigenvalue weighted by Crippen LogP contribution is 2.24. The van der Waals surface area contributed by atoms with Crippen LogP contribution in [0.25, 0.3) is 0 Å². The highest BCUT2D eigenvalue weighted by atomic mass is 16.5. The summed E-state index contributed by atoms with van der Waals surface area (Å²) in [6.07, 6.45) is 5.39. The van der Waals surface area contributed by atoms with Gasteiger partial charge < -0.3 is 15.4 Å². The molecule has 1 amide bonds. The van der Waals surface area contributed by atoms with E-state index in [0.29, 0.717) is 6.04 Å². The second-order valence-electron chi connectivity index (χ2n) is 6.20. The molecule has 0 spiro atoms. The van der Waals surface area contributed by atoms with Crippen LogP contribution in [0.4, 0.5) is 0 Å². The number of ether oxygens (including phenoxy) is 1. The maximum Gasteiger partial charge on any atom is 0.223 e. The molecule has 1 aliphatic heterocycles. The maximum absolute atomic E-state index is 12.1. The summed E-state index contributed by atoms with van der Waals surface area (Å²) >= 11 is 0. The van der Waals surface area contributed by atoms with E-state index in [1.807, 2.05) is 0 Å². The van der Waals surface area contributed by atoms with Gasteiger partial charge in [0.15, 0.2) is 0 Å². The van der Waals surface area contributed by atoms with Gasteiger partial charge in [0.2, 0.25) is 5.91 Å². The first-order chi connectivity index (χ1) is 10.3. The molecule has 1 heterocycles. The predicted molar refractivity (Wildman–Crippen MR) is 84.3 cm³/mol. The fourth-order valence-corrected chi connectivity index (χ4v) is 3.33. The Labute approximate surface area is 128 Å². The molecule has 122 valence electrons. The van der Waals surface area contributed by atoms with Crippen LogP contribution < -0.4 is 10.6 Å². The molecule has 0 atom stereocenters. The van der Waals surface area contributed by atoms with Gasteiger partial charge >= 0.3 is 0 Å². The van der Waals surface area contributed by atoms with Gasteiger partial charge in [0.1, 0.15) is 0 Å². The molecule has 0 aromatic carbocycles. The zero-order chi connectivity index (χ0) is 14.9. The van der Waals surface area contributed by atoms with Gasteiger partial charge in [-0.3, -0.25) is 9.69 Å². The average Bonchev–Trinajstić information content (AvgIpc) is 2.53. The molecule has 2 aliphatic rings. The minimum atomic E-state index is 0.239. The van der Waals surface area contributed by atoms with Gasteiger partial charge in [0, 0.05) is 31.6 Å². The van der Waals surface area contributed by atoms with Gasteiger partial charge in [0.25, 0.3) is 0 Å². The summed E-state index contributed by atoms with van der Waals surface area (Å²) in [4.78, 5) is 14.6. The Morgan fingerprint density at radius 2 is 1.90 bits per heavy atom. The van der Waals surface area contributed by atoms with Crippen molar-refractivity contribution in [3.8, 4) is 0 Å². The van der Waals surface area contributed by atoms with Gasteiger partial charge in [0.05, 0.1) is 13.2 Å². The van der Waals surface area contributed by atoms with E-state index in [1.165, 1.54) is 0 Å². The molecule has 5 heteroatoms. The number of hydrogen-bond acceptors (Lipinski definition) is 4. The molecule has 1 saturated carbocycles. The van der Waals surface area contributed by atoms with Crippen LogP contribution >= 0.6 is 0 Å². The van der Waals surface area contributed by atoms with Crippen molar-refractivity contribution in [3.63, 3.8) is 0 Å². The smallest absolute Gasteiger partial charge is 0.223 e. The lowest BCUT2D eigenvalue weighted by atomic mass is 9.85. The van der Waals surface area contributed by atoms with E-state index >= 15 is 0 Å². The van der Waals surface area contributed by atoms with E-state index in [4.69, 9.17) is 4.74 Å². The summed E-state index contributed by atoms with van der Waals surface area (Å²) in [6.45, 7) is 8.81. The second kappa shape index (κ2) is 9.38. The molecule has 1 aliphatic carbocycles. The minimum absolute atomic E-state index is 0.239. The fraction of sp³-hybridized carbons (Fsp3) is 0.938. The number of nitrogens with one attached hydrogen (secondary N) is 2. The summed E-state index contributed by atoms with van der Waals surface area (Å²) in [5.41, 5.74) is 0. The second-order valence-corrected chi connectivity index (χ2v) is 6.20. The third-order valence-corrected chi connectivity index (χ3v) is 4.64. The number of carbonyl (C=O) groups excluding carboxylic acids is 1. The lowest BCUT2D eigenvalue weighted by Gasteiger charge is -2.28.